The lowest BCUT2D eigenvalue weighted by Crippen LogP contribution is -2.39. The highest BCUT2D eigenvalue weighted by Crippen LogP contribution is 2.06. The Kier molecular flexibility index (Phi) is 9.42. The number of aliphatic hydroxyl groups excluding tert-OH is 1. The summed E-state index contributed by atoms with van der Waals surface area (Å²) in [6.07, 6.45) is 2.69. The Labute approximate surface area is 113 Å². The molecule has 0 aliphatic heterocycles. The van der Waals surface area contributed by atoms with Crippen molar-refractivity contribution in [1.82, 2.24) is 5.32 Å². The summed E-state index contributed by atoms with van der Waals surface area (Å²) in [5.74, 6) is -0.256. The average Bonchev–Trinajstić information content (AvgIpc) is 2.40. The van der Waals surface area contributed by atoms with Crippen LogP contribution >= 0.6 is 0 Å². The summed E-state index contributed by atoms with van der Waals surface area (Å²) in [6, 6.07) is -0.511. The Morgan fingerprint density at radius 2 is 2.16 bits per heavy atom. The predicted molar refractivity (Wildman–Crippen MR) is 69.3 cm³/mol. The molecular weight excluding hydrogens is 250 g/mol. The van der Waals surface area contributed by atoms with E-state index in [1.165, 1.54) is 13.3 Å². The highest BCUT2D eigenvalue weighted by atomic mass is 16.5. The van der Waals surface area contributed by atoms with Crippen LogP contribution in [0.4, 0.5) is 0 Å². The van der Waals surface area contributed by atoms with Crippen molar-refractivity contribution >= 4 is 5.97 Å². The second-order valence-corrected chi connectivity index (χ2v) is 4.29. The van der Waals surface area contributed by atoms with Crippen molar-refractivity contribution in [2.24, 2.45) is 11.0 Å². The van der Waals surface area contributed by atoms with Gasteiger partial charge in [0, 0.05) is 6.61 Å². The van der Waals surface area contributed by atoms with E-state index in [-0.39, 0.29) is 24.4 Å². The topological polar surface area (TPSA) is 104 Å². The Morgan fingerprint density at radius 3 is 2.63 bits per heavy atom. The molecule has 0 rings (SSSR count). The van der Waals surface area contributed by atoms with E-state index in [4.69, 9.17) is 15.4 Å². The van der Waals surface area contributed by atoms with E-state index in [1.54, 1.807) is 0 Å². The van der Waals surface area contributed by atoms with Gasteiger partial charge in [0.2, 0.25) is 5.88 Å². The lowest BCUT2D eigenvalue weighted by atomic mass is 10.1. The molecule has 0 bridgehead atoms. The number of nitrogens with one attached hydrogen (secondary N) is 2. The van der Waals surface area contributed by atoms with Gasteiger partial charge in [0.15, 0.2) is 0 Å². The maximum Gasteiger partial charge on any atom is 0.328 e. The standard InChI is InChI=1S/C12H23N3O4/c1-9(2)11(12(17)18-3)14-8-10(15-13)19-7-5-4-6-16/h8-9,11,13-14,16H,4-7H2,1-3H3/b10-8+,15-13?. The zero-order valence-corrected chi connectivity index (χ0v) is 11.7. The molecule has 1 unspecified atom stereocenters. The minimum Gasteiger partial charge on any atom is -0.476 e. The lowest BCUT2D eigenvalue weighted by Gasteiger charge is -2.18. The van der Waals surface area contributed by atoms with Gasteiger partial charge in [0.05, 0.1) is 19.9 Å². The number of methoxy groups -OCH3 is 1. The lowest BCUT2D eigenvalue weighted by molar-refractivity contribution is -0.144. The molecule has 110 valence electrons. The van der Waals surface area contributed by atoms with Gasteiger partial charge in [-0.3, -0.25) is 0 Å². The van der Waals surface area contributed by atoms with Crippen LogP contribution in [0.2, 0.25) is 0 Å². The van der Waals surface area contributed by atoms with Crippen LogP contribution in [0.1, 0.15) is 26.7 Å². The number of hydrogen-bond acceptors (Lipinski definition) is 7. The van der Waals surface area contributed by atoms with Crippen LogP contribution in [0.15, 0.2) is 17.2 Å². The molecule has 0 amide bonds. The zero-order chi connectivity index (χ0) is 14.7. The average molecular weight is 273 g/mol. The van der Waals surface area contributed by atoms with E-state index < -0.39 is 6.04 Å². The van der Waals surface area contributed by atoms with E-state index in [0.717, 1.165) is 0 Å². The number of rotatable bonds is 10. The second kappa shape index (κ2) is 10.3. The number of esters is 1. The number of unbranched alkanes of at least 4 members (excludes halogenated alkanes) is 1. The third-order valence-corrected chi connectivity index (χ3v) is 2.42. The Bertz CT molecular complexity index is 305. The van der Waals surface area contributed by atoms with Crippen LogP contribution < -0.4 is 5.32 Å². The largest absolute Gasteiger partial charge is 0.476 e. The molecule has 0 saturated heterocycles. The fourth-order valence-electron chi connectivity index (χ4n) is 1.32. The zero-order valence-electron chi connectivity index (χ0n) is 11.7. The van der Waals surface area contributed by atoms with Crippen LogP contribution in [-0.4, -0.2) is 37.4 Å². The van der Waals surface area contributed by atoms with E-state index in [1.807, 2.05) is 13.8 Å². The van der Waals surface area contributed by atoms with Gasteiger partial charge in [-0.2, -0.15) is 0 Å². The van der Waals surface area contributed by atoms with E-state index >= 15 is 0 Å². The van der Waals surface area contributed by atoms with Crippen molar-refractivity contribution in [2.75, 3.05) is 20.3 Å². The Morgan fingerprint density at radius 1 is 1.47 bits per heavy atom. The van der Waals surface area contributed by atoms with E-state index in [2.05, 4.69) is 15.2 Å². The van der Waals surface area contributed by atoms with E-state index in [9.17, 15) is 4.79 Å². The molecule has 0 aliphatic carbocycles. The molecule has 0 aromatic rings. The number of nitrogens with zero attached hydrogens (tertiary/aromatic N) is 1. The minimum absolute atomic E-state index is 0.0325. The van der Waals surface area contributed by atoms with Gasteiger partial charge in [-0.05, 0) is 18.8 Å². The van der Waals surface area contributed by atoms with Crippen LogP contribution in [0, 0.1) is 11.4 Å². The monoisotopic (exact) mass is 273 g/mol. The molecule has 0 radical (unpaired) electrons. The number of carbonyl (C=O) groups is 1. The van der Waals surface area contributed by atoms with Gasteiger partial charge in [-0.1, -0.05) is 13.8 Å². The van der Waals surface area contributed by atoms with Gasteiger partial charge in [0.25, 0.3) is 0 Å². The first-order chi connectivity index (χ1) is 9.06. The summed E-state index contributed by atoms with van der Waals surface area (Å²) in [5, 5.41) is 14.7. The van der Waals surface area contributed by atoms with Crippen molar-refractivity contribution in [3.63, 3.8) is 0 Å². The van der Waals surface area contributed by atoms with Crippen molar-refractivity contribution < 1.29 is 19.4 Å². The van der Waals surface area contributed by atoms with Gasteiger partial charge in [-0.25, -0.2) is 10.3 Å². The first kappa shape index (κ1) is 17.4. The summed E-state index contributed by atoms with van der Waals surface area (Å²) >= 11 is 0. The predicted octanol–water partition coefficient (Wildman–Crippen LogP) is 1.39. The fraction of sp³-hybridized carbons (Fsp3) is 0.750. The van der Waals surface area contributed by atoms with Crippen molar-refractivity contribution in [3.05, 3.63) is 12.1 Å². The van der Waals surface area contributed by atoms with Crippen LogP contribution in [0.25, 0.3) is 0 Å². The quantitative estimate of drug-likeness (QED) is 0.241. The first-order valence-corrected chi connectivity index (χ1v) is 6.22. The summed E-state index contributed by atoms with van der Waals surface area (Å²) in [4.78, 5) is 11.5. The number of hydrogen-bond donors (Lipinski definition) is 3. The molecule has 0 spiro atoms. The summed E-state index contributed by atoms with van der Waals surface area (Å²) < 4.78 is 9.89. The van der Waals surface area contributed by atoms with Crippen molar-refractivity contribution in [2.45, 2.75) is 32.7 Å². The smallest absolute Gasteiger partial charge is 0.328 e. The highest BCUT2D eigenvalue weighted by molar-refractivity contribution is 5.76. The maximum atomic E-state index is 11.5. The number of aliphatic hydroxyl groups is 1. The highest BCUT2D eigenvalue weighted by Gasteiger charge is 2.21. The van der Waals surface area contributed by atoms with Crippen molar-refractivity contribution in [3.8, 4) is 0 Å². The third-order valence-electron chi connectivity index (χ3n) is 2.42. The van der Waals surface area contributed by atoms with Crippen LogP contribution in [-0.2, 0) is 14.3 Å². The molecule has 1 atom stereocenters. The maximum absolute atomic E-state index is 11.5. The Hall–Kier alpha value is -1.63. The molecule has 0 aliphatic rings. The Balaban J connectivity index is 4.35. The van der Waals surface area contributed by atoms with E-state index in [0.29, 0.717) is 19.4 Å². The molecule has 0 fully saturated rings. The fourth-order valence-corrected chi connectivity index (χ4v) is 1.32. The molecule has 0 saturated carbocycles. The molecule has 7 heteroatoms. The molecular formula is C12H23N3O4. The summed E-state index contributed by atoms with van der Waals surface area (Å²) in [6.45, 7) is 4.22. The normalized spacial score (nSPS) is 13.0. The molecule has 0 aromatic heterocycles. The van der Waals surface area contributed by atoms with Gasteiger partial charge < -0.3 is 19.9 Å². The minimum atomic E-state index is -0.511. The van der Waals surface area contributed by atoms with Crippen molar-refractivity contribution in [1.29, 1.82) is 5.53 Å². The molecule has 3 N–H and O–H groups in total. The molecule has 0 heterocycles. The molecule has 0 aromatic carbocycles. The van der Waals surface area contributed by atoms with Gasteiger partial charge in [0.1, 0.15) is 6.04 Å². The van der Waals surface area contributed by atoms with Gasteiger partial charge >= 0.3 is 5.97 Å². The number of ether oxygens (including phenoxy) is 2. The van der Waals surface area contributed by atoms with Crippen LogP contribution in [0.3, 0.4) is 0 Å². The number of carbonyl (C=O) groups excluding carboxylic acids is 1. The van der Waals surface area contributed by atoms with Crippen LogP contribution in [0.5, 0.6) is 0 Å². The summed E-state index contributed by atoms with van der Waals surface area (Å²) in [7, 11) is 1.32. The second-order valence-electron chi connectivity index (χ2n) is 4.29. The molecule has 19 heavy (non-hydrogen) atoms. The third kappa shape index (κ3) is 7.40. The first-order valence-electron chi connectivity index (χ1n) is 6.22. The van der Waals surface area contributed by atoms with Gasteiger partial charge in [-0.15, -0.1) is 5.11 Å². The molecule has 7 nitrogen and oxygen atoms in total. The summed E-state index contributed by atoms with van der Waals surface area (Å²) in [5.41, 5.74) is 6.97. The SMILES string of the molecule is COC(=O)C(N/C=C(\N=N)OCCCCO)C(C)C.